The van der Waals surface area contributed by atoms with Crippen molar-refractivity contribution < 1.29 is 4.79 Å². The van der Waals surface area contributed by atoms with Crippen molar-refractivity contribution in [3.05, 3.63) is 64.2 Å². The third-order valence-electron chi connectivity index (χ3n) is 5.75. The molecular weight excluding hydrogens is 402 g/mol. The molecule has 0 aliphatic heterocycles. The first-order valence-corrected chi connectivity index (χ1v) is 12.2. The smallest absolute Gasteiger partial charge is 0.168 e. The summed E-state index contributed by atoms with van der Waals surface area (Å²) in [6.07, 6.45) is 0. The van der Waals surface area contributed by atoms with Gasteiger partial charge in [-0.1, -0.05) is 74.4 Å². The van der Waals surface area contributed by atoms with Gasteiger partial charge in [0.1, 0.15) is 0 Å². The van der Waals surface area contributed by atoms with E-state index >= 15 is 0 Å². The summed E-state index contributed by atoms with van der Waals surface area (Å²) >= 11 is 0. The molecule has 0 aliphatic carbocycles. The third kappa shape index (κ3) is 8.65. The van der Waals surface area contributed by atoms with E-state index in [4.69, 9.17) is 0 Å². The lowest BCUT2D eigenvalue weighted by Gasteiger charge is -2.28. The van der Waals surface area contributed by atoms with Gasteiger partial charge in [-0.3, -0.25) is 4.79 Å². The van der Waals surface area contributed by atoms with Crippen molar-refractivity contribution in [2.45, 2.75) is 113 Å². The Bertz CT molecular complexity index is 898. The van der Waals surface area contributed by atoms with E-state index in [2.05, 4.69) is 93.6 Å². The monoisotopic (exact) mass is 451 g/mol. The van der Waals surface area contributed by atoms with Gasteiger partial charge in [0.15, 0.2) is 5.78 Å². The van der Waals surface area contributed by atoms with Crippen LogP contribution >= 0.6 is 0 Å². The fourth-order valence-corrected chi connectivity index (χ4v) is 4.02. The molecule has 0 radical (unpaired) electrons. The van der Waals surface area contributed by atoms with Gasteiger partial charge >= 0.3 is 0 Å². The number of nitrogens with one attached hydrogen (secondary N) is 1. The highest BCUT2D eigenvalue weighted by atomic mass is 16.1. The van der Waals surface area contributed by atoms with Gasteiger partial charge in [0, 0.05) is 22.2 Å². The topological polar surface area (TPSA) is 29.1 Å². The SMILES string of the molecule is CC(C)(C)Nc1ccc(C(=O)C(C)(C)C)cc1.Cc1c(C(C)(C)C)ccc(C(C)(C)C)c1C. The van der Waals surface area contributed by atoms with Crippen LogP contribution in [0.1, 0.15) is 116 Å². The Morgan fingerprint density at radius 3 is 1.24 bits per heavy atom. The van der Waals surface area contributed by atoms with Gasteiger partial charge < -0.3 is 5.32 Å². The molecule has 0 amide bonds. The van der Waals surface area contributed by atoms with Gasteiger partial charge in [-0.25, -0.2) is 0 Å². The second-order valence-electron chi connectivity index (χ2n) is 13.4. The number of carbonyl (C=O) groups is 1. The molecule has 2 rings (SSSR count). The zero-order chi connectivity index (χ0) is 26.0. The maximum Gasteiger partial charge on any atom is 0.168 e. The lowest BCUT2D eigenvalue weighted by molar-refractivity contribution is 0.0858. The molecule has 0 aromatic heterocycles. The van der Waals surface area contributed by atoms with Crippen molar-refractivity contribution in [2.24, 2.45) is 5.41 Å². The summed E-state index contributed by atoms with van der Waals surface area (Å²) in [7, 11) is 0. The van der Waals surface area contributed by atoms with Crippen LogP contribution in [0, 0.1) is 19.3 Å². The highest BCUT2D eigenvalue weighted by Gasteiger charge is 2.23. The number of benzene rings is 2. The summed E-state index contributed by atoms with van der Waals surface area (Å²) in [5, 5.41) is 3.37. The van der Waals surface area contributed by atoms with Gasteiger partial charge in [0.2, 0.25) is 0 Å². The van der Waals surface area contributed by atoms with Crippen molar-refractivity contribution in [1.29, 1.82) is 0 Å². The predicted octanol–water partition coefficient (Wildman–Crippen LogP) is 9.02. The molecule has 0 saturated heterocycles. The van der Waals surface area contributed by atoms with Crippen molar-refractivity contribution in [1.82, 2.24) is 0 Å². The molecule has 2 aromatic rings. The molecule has 2 nitrogen and oxygen atoms in total. The highest BCUT2D eigenvalue weighted by Crippen LogP contribution is 2.33. The maximum atomic E-state index is 12.0. The minimum Gasteiger partial charge on any atom is -0.380 e. The van der Waals surface area contributed by atoms with E-state index in [1.54, 1.807) is 0 Å². The Balaban J connectivity index is 0.000000331. The average molecular weight is 452 g/mol. The zero-order valence-corrected chi connectivity index (χ0v) is 23.9. The second kappa shape index (κ2) is 10.0. The lowest BCUT2D eigenvalue weighted by Crippen LogP contribution is -2.26. The Kier molecular flexibility index (Phi) is 8.80. The normalized spacial score (nSPS) is 12.7. The quantitative estimate of drug-likeness (QED) is 0.461. The molecule has 0 bridgehead atoms. The number of rotatable bonds is 2. The van der Waals surface area contributed by atoms with Crippen LogP contribution in [0.4, 0.5) is 5.69 Å². The van der Waals surface area contributed by atoms with Crippen LogP contribution in [0.3, 0.4) is 0 Å². The number of anilines is 1. The van der Waals surface area contributed by atoms with Crippen LogP contribution in [0.25, 0.3) is 0 Å². The molecule has 2 heteroatoms. The van der Waals surface area contributed by atoms with E-state index in [0.717, 1.165) is 11.3 Å². The second-order valence-corrected chi connectivity index (χ2v) is 13.4. The molecular formula is C31H49NO. The van der Waals surface area contributed by atoms with Crippen LogP contribution in [-0.2, 0) is 10.8 Å². The molecule has 2 aromatic carbocycles. The Labute approximate surface area is 204 Å². The molecule has 0 heterocycles. The van der Waals surface area contributed by atoms with E-state index in [-0.39, 0.29) is 27.6 Å². The van der Waals surface area contributed by atoms with Crippen LogP contribution in [0.2, 0.25) is 0 Å². The number of ketones is 1. The van der Waals surface area contributed by atoms with E-state index in [1.807, 2.05) is 45.0 Å². The average Bonchev–Trinajstić information content (AvgIpc) is 2.60. The number of hydrogen-bond donors (Lipinski definition) is 1. The molecule has 0 fully saturated rings. The van der Waals surface area contributed by atoms with Gasteiger partial charge in [0.05, 0.1) is 0 Å². The van der Waals surface area contributed by atoms with Crippen LogP contribution in [0.5, 0.6) is 0 Å². The van der Waals surface area contributed by atoms with Crippen molar-refractivity contribution in [2.75, 3.05) is 5.32 Å². The maximum absolute atomic E-state index is 12.0. The van der Waals surface area contributed by atoms with Crippen molar-refractivity contribution in [3.8, 4) is 0 Å². The van der Waals surface area contributed by atoms with Crippen molar-refractivity contribution >= 4 is 11.5 Å². The lowest BCUT2D eigenvalue weighted by atomic mass is 9.77. The molecule has 0 aliphatic rings. The Morgan fingerprint density at radius 1 is 0.606 bits per heavy atom. The van der Waals surface area contributed by atoms with E-state index < -0.39 is 0 Å². The largest absolute Gasteiger partial charge is 0.380 e. The third-order valence-corrected chi connectivity index (χ3v) is 5.75. The Morgan fingerprint density at radius 2 is 0.970 bits per heavy atom. The fraction of sp³-hybridized carbons (Fsp3) is 0.581. The van der Waals surface area contributed by atoms with Gasteiger partial charge in [0.25, 0.3) is 0 Å². The molecule has 0 unspecified atom stereocenters. The van der Waals surface area contributed by atoms with Gasteiger partial charge in [-0.15, -0.1) is 0 Å². The van der Waals surface area contributed by atoms with Crippen LogP contribution in [0.15, 0.2) is 36.4 Å². The minimum atomic E-state index is -0.320. The Hall–Kier alpha value is -2.09. The number of Topliss-reactive ketones (excluding diaryl/α,β-unsaturated/α-hetero) is 1. The van der Waals surface area contributed by atoms with E-state index in [0.29, 0.717) is 0 Å². The number of carbonyl (C=O) groups excluding carboxylic acids is 1. The summed E-state index contributed by atoms with van der Waals surface area (Å²) < 4.78 is 0. The molecule has 0 atom stereocenters. The van der Waals surface area contributed by atoms with Crippen molar-refractivity contribution in [3.63, 3.8) is 0 Å². The molecule has 1 N–H and O–H groups in total. The summed E-state index contributed by atoms with van der Waals surface area (Å²) in [5.41, 5.74) is 7.88. The zero-order valence-electron chi connectivity index (χ0n) is 23.9. The van der Waals surface area contributed by atoms with E-state index in [1.165, 1.54) is 22.3 Å². The number of hydrogen-bond acceptors (Lipinski definition) is 2. The molecule has 33 heavy (non-hydrogen) atoms. The summed E-state index contributed by atoms with van der Waals surface area (Å²) in [6, 6.07) is 12.3. The standard InChI is InChI=1S/C16H26.C15H23NO/c1-11-12(2)14(16(6,7)8)10-9-13(11)15(3,4)5;1-14(2,3)13(17)11-7-9-12(10-8-11)16-15(4,5)6/h9-10H,1-8H3;7-10,16H,1-6H3. The summed E-state index contributed by atoms with van der Waals surface area (Å²) in [6.45, 7) is 30.4. The summed E-state index contributed by atoms with van der Waals surface area (Å²) in [5.74, 6) is 0.180. The first-order chi connectivity index (χ1) is 14.6. The van der Waals surface area contributed by atoms with Gasteiger partial charge in [-0.05, 0) is 92.0 Å². The summed E-state index contributed by atoms with van der Waals surface area (Å²) in [4.78, 5) is 12.0. The first kappa shape index (κ1) is 28.9. The van der Waals surface area contributed by atoms with E-state index in [9.17, 15) is 4.79 Å². The van der Waals surface area contributed by atoms with Crippen LogP contribution in [-0.4, -0.2) is 11.3 Å². The first-order valence-electron chi connectivity index (χ1n) is 12.2. The van der Waals surface area contributed by atoms with Crippen LogP contribution < -0.4 is 5.32 Å². The molecule has 0 saturated carbocycles. The molecule has 184 valence electrons. The fourth-order valence-electron chi connectivity index (χ4n) is 4.02. The highest BCUT2D eigenvalue weighted by molar-refractivity contribution is 6.00. The molecule has 0 spiro atoms. The minimum absolute atomic E-state index is 0.0373. The van der Waals surface area contributed by atoms with Gasteiger partial charge in [-0.2, -0.15) is 0 Å². The predicted molar refractivity (Wildman–Crippen MR) is 147 cm³/mol.